The minimum Gasteiger partial charge on any atom is -0.324 e. The lowest BCUT2D eigenvalue weighted by molar-refractivity contribution is 0.108. The molecule has 1 fully saturated rings. The van der Waals surface area contributed by atoms with Gasteiger partial charge in [0, 0.05) is 24.7 Å². The Morgan fingerprint density at radius 3 is 2.44 bits per heavy atom. The van der Waals surface area contributed by atoms with Crippen LogP contribution in [0, 0.1) is 0 Å². The molecule has 0 bridgehead atoms. The second kappa shape index (κ2) is 5.99. The van der Waals surface area contributed by atoms with Crippen molar-refractivity contribution in [3.63, 3.8) is 0 Å². The SMILES string of the molecule is CCC(N)(CC)CN1CCCC(N(C)C)C1. The van der Waals surface area contributed by atoms with E-state index >= 15 is 0 Å². The maximum Gasteiger partial charge on any atom is 0.0278 e. The van der Waals surface area contributed by atoms with Crippen molar-refractivity contribution in [2.45, 2.75) is 51.1 Å². The highest BCUT2D eigenvalue weighted by Crippen LogP contribution is 2.19. The highest BCUT2D eigenvalue weighted by atomic mass is 15.2. The summed E-state index contributed by atoms with van der Waals surface area (Å²) >= 11 is 0. The largest absolute Gasteiger partial charge is 0.324 e. The summed E-state index contributed by atoms with van der Waals surface area (Å²) < 4.78 is 0. The van der Waals surface area contributed by atoms with Crippen LogP contribution in [0.5, 0.6) is 0 Å². The van der Waals surface area contributed by atoms with E-state index in [1.807, 2.05) is 0 Å². The van der Waals surface area contributed by atoms with Crippen LogP contribution >= 0.6 is 0 Å². The van der Waals surface area contributed by atoms with Gasteiger partial charge >= 0.3 is 0 Å². The molecule has 0 radical (unpaired) electrons. The topological polar surface area (TPSA) is 32.5 Å². The molecule has 1 atom stereocenters. The Morgan fingerprint density at radius 1 is 1.31 bits per heavy atom. The first-order valence-corrected chi connectivity index (χ1v) is 6.68. The van der Waals surface area contributed by atoms with Crippen LogP contribution in [0.4, 0.5) is 0 Å². The summed E-state index contributed by atoms with van der Waals surface area (Å²) in [6, 6.07) is 0.715. The van der Waals surface area contributed by atoms with E-state index in [4.69, 9.17) is 5.73 Å². The molecule has 1 rings (SSSR count). The van der Waals surface area contributed by atoms with Gasteiger partial charge in [-0.25, -0.2) is 0 Å². The minimum absolute atomic E-state index is 0.0220. The Bertz CT molecular complexity index is 199. The average molecular weight is 227 g/mol. The van der Waals surface area contributed by atoms with Gasteiger partial charge in [-0.05, 0) is 46.3 Å². The minimum atomic E-state index is 0.0220. The third kappa shape index (κ3) is 3.72. The van der Waals surface area contributed by atoms with E-state index in [-0.39, 0.29) is 5.54 Å². The molecule has 1 heterocycles. The molecule has 0 aromatic heterocycles. The third-order valence-electron chi connectivity index (χ3n) is 4.16. The van der Waals surface area contributed by atoms with E-state index in [1.165, 1.54) is 25.9 Å². The predicted octanol–water partition coefficient (Wildman–Crippen LogP) is 1.53. The Balaban J connectivity index is 2.48. The number of likely N-dealkylation sites (N-methyl/N-ethyl adjacent to an activating group) is 1. The van der Waals surface area contributed by atoms with Crippen molar-refractivity contribution in [1.82, 2.24) is 9.80 Å². The molecule has 0 aromatic rings. The molecule has 0 aromatic carbocycles. The Hall–Kier alpha value is -0.120. The summed E-state index contributed by atoms with van der Waals surface area (Å²) in [5, 5.41) is 0. The first-order chi connectivity index (χ1) is 7.50. The van der Waals surface area contributed by atoms with Crippen LogP contribution in [0.15, 0.2) is 0 Å². The van der Waals surface area contributed by atoms with Gasteiger partial charge in [0.1, 0.15) is 0 Å². The number of nitrogens with zero attached hydrogens (tertiary/aromatic N) is 2. The van der Waals surface area contributed by atoms with Gasteiger partial charge in [-0.15, -0.1) is 0 Å². The van der Waals surface area contributed by atoms with Crippen molar-refractivity contribution in [3.05, 3.63) is 0 Å². The molecule has 0 amide bonds. The lowest BCUT2D eigenvalue weighted by Gasteiger charge is -2.40. The molecular formula is C13H29N3. The zero-order chi connectivity index (χ0) is 12.2. The average Bonchev–Trinajstić information content (AvgIpc) is 2.29. The zero-order valence-electron chi connectivity index (χ0n) is 11.5. The fraction of sp³-hybridized carbons (Fsp3) is 1.00. The number of likely N-dealkylation sites (tertiary alicyclic amines) is 1. The molecule has 2 N–H and O–H groups in total. The van der Waals surface area contributed by atoms with Crippen LogP contribution in [0.1, 0.15) is 39.5 Å². The van der Waals surface area contributed by atoms with Crippen LogP contribution in [0.25, 0.3) is 0 Å². The third-order valence-corrected chi connectivity index (χ3v) is 4.16. The standard InChI is InChI=1S/C13H29N3/c1-5-13(14,6-2)11-16-9-7-8-12(10-16)15(3)4/h12H,5-11,14H2,1-4H3. The molecule has 0 spiro atoms. The Morgan fingerprint density at radius 2 is 1.94 bits per heavy atom. The number of nitrogens with two attached hydrogens (primary N) is 1. The molecule has 1 aliphatic heterocycles. The monoisotopic (exact) mass is 227 g/mol. The van der Waals surface area contributed by atoms with E-state index in [0.717, 1.165) is 19.4 Å². The molecule has 96 valence electrons. The first kappa shape index (κ1) is 13.9. The number of hydrogen-bond donors (Lipinski definition) is 1. The van der Waals surface area contributed by atoms with E-state index in [1.54, 1.807) is 0 Å². The quantitative estimate of drug-likeness (QED) is 0.773. The zero-order valence-corrected chi connectivity index (χ0v) is 11.5. The van der Waals surface area contributed by atoms with Crippen LogP contribution in [0.3, 0.4) is 0 Å². The molecule has 0 aliphatic carbocycles. The fourth-order valence-corrected chi connectivity index (χ4v) is 2.52. The van der Waals surface area contributed by atoms with Gasteiger partial charge < -0.3 is 10.6 Å². The van der Waals surface area contributed by atoms with Gasteiger partial charge in [0.25, 0.3) is 0 Å². The molecule has 0 saturated carbocycles. The van der Waals surface area contributed by atoms with Gasteiger partial charge in [-0.1, -0.05) is 13.8 Å². The summed E-state index contributed by atoms with van der Waals surface area (Å²) in [6.45, 7) is 7.88. The fourth-order valence-electron chi connectivity index (χ4n) is 2.52. The predicted molar refractivity (Wildman–Crippen MR) is 70.6 cm³/mol. The van der Waals surface area contributed by atoms with Crippen LogP contribution in [-0.2, 0) is 0 Å². The highest BCUT2D eigenvalue weighted by Gasteiger charge is 2.28. The lowest BCUT2D eigenvalue weighted by atomic mass is 9.92. The van der Waals surface area contributed by atoms with Crippen molar-refractivity contribution < 1.29 is 0 Å². The lowest BCUT2D eigenvalue weighted by Crippen LogP contribution is -2.54. The van der Waals surface area contributed by atoms with Crippen molar-refractivity contribution in [3.8, 4) is 0 Å². The van der Waals surface area contributed by atoms with E-state index in [0.29, 0.717) is 6.04 Å². The first-order valence-electron chi connectivity index (χ1n) is 6.68. The van der Waals surface area contributed by atoms with Crippen molar-refractivity contribution >= 4 is 0 Å². The van der Waals surface area contributed by atoms with E-state index < -0.39 is 0 Å². The second-order valence-electron chi connectivity index (χ2n) is 5.56. The number of hydrogen-bond acceptors (Lipinski definition) is 3. The van der Waals surface area contributed by atoms with Crippen LogP contribution in [-0.4, -0.2) is 55.1 Å². The van der Waals surface area contributed by atoms with Crippen molar-refractivity contribution in [2.24, 2.45) is 5.73 Å². The van der Waals surface area contributed by atoms with E-state index in [2.05, 4.69) is 37.7 Å². The highest BCUT2D eigenvalue weighted by molar-refractivity contribution is 4.88. The van der Waals surface area contributed by atoms with Gasteiger partial charge in [0.15, 0.2) is 0 Å². The molecule has 1 saturated heterocycles. The summed E-state index contributed by atoms with van der Waals surface area (Å²) in [5.41, 5.74) is 6.42. The van der Waals surface area contributed by atoms with Crippen molar-refractivity contribution in [1.29, 1.82) is 0 Å². The van der Waals surface area contributed by atoms with E-state index in [9.17, 15) is 0 Å². The maximum atomic E-state index is 6.39. The molecular weight excluding hydrogens is 198 g/mol. The molecule has 16 heavy (non-hydrogen) atoms. The molecule has 1 unspecified atom stereocenters. The summed E-state index contributed by atoms with van der Waals surface area (Å²) in [4.78, 5) is 4.91. The second-order valence-corrected chi connectivity index (χ2v) is 5.56. The van der Waals surface area contributed by atoms with Gasteiger partial charge in [-0.3, -0.25) is 4.90 Å². The smallest absolute Gasteiger partial charge is 0.0278 e. The maximum absolute atomic E-state index is 6.39. The van der Waals surface area contributed by atoms with Gasteiger partial charge in [0.2, 0.25) is 0 Å². The summed E-state index contributed by atoms with van der Waals surface area (Å²) in [7, 11) is 4.37. The molecule has 1 aliphatic rings. The van der Waals surface area contributed by atoms with Crippen LogP contribution in [0.2, 0.25) is 0 Å². The number of piperidine rings is 1. The normalized spacial score (nSPS) is 24.0. The Labute approximate surface area is 101 Å². The van der Waals surface area contributed by atoms with Gasteiger partial charge in [-0.2, -0.15) is 0 Å². The molecule has 3 heteroatoms. The van der Waals surface area contributed by atoms with Gasteiger partial charge in [0.05, 0.1) is 0 Å². The Kier molecular flexibility index (Phi) is 5.22. The van der Waals surface area contributed by atoms with Crippen LogP contribution < -0.4 is 5.73 Å². The summed E-state index contributed by atoms with van der Waals surface area (Å²) in [5.74, 6) is 0. The van der Waals surface area contributed by atoms with Crippen molar-refractivity contribution in [2.75, 3.05) is 33.7 Å². The molecule has 3 nitrogen and oxygen atoms in total. The number of rotatable bonds is 5. The summed E-state index contributed by atoms with van der Waals surface area (Å²) in [6.07, 6.45) is 4.80.